The number of aromatic nitrogens is 2. The number of rotatable bonds is 3. The Morgan fingerprint density at radius 2 is 2.38 bits per heavy atom. The average molecular weight is 220 g/mol. The summed E-state index contributed by atoms with van der Waals surface area (Å²) in [5.74, 6) is 1.18. The van der Waals surface area contributed by atoms with Crippen LogP contribution in [0.4, 0.5) is 0 Å². The Labute approximate surface area is 96.8 Å². The van der Waals surface area contributed by atoms with E-state index in [9.17, 15) is 0 Å². The van der Waals surface area contributed by atoms with E-state index in [1.165, 1.54) is 25.1 Å². The molecule has 0 radical (unpaired) electrons. The first kappa shape index (κ1) is 11.2. The normalized spacial score (nSPS) is 18.7. The third-order valence-corrected chi connectivity index (χ3v) is 2.81. The molecule has 0 fully saturated rings. The summed E-state index contributed by atoms with van der Waals surface area (Å²) in [6.07, 6.45) is 8.72. The zero-order valence-electron chi connectivity index (χ0n) is 9.89. The minimum Gasteiger partial charge on any atom is -0.370 e. The highest BCUT2D eigenvalue weighted by atomic mass is 15.3. The van der Waals surface area contributed by atoms with Gasteiger partial charge in [-0.3, -0.25) is 9.67 Å². The lowest BCUT2D eigenvalue weighted by Gasteiger charge is -2.16. The van der Waals surface area contributed by atoms with Crippen molar-refractivity contribution in [2.24, 2.45) is 4.99 Å². The SMILES string of the molecule is CC(Cn1cccn1)NC1=NCCCCC1. The second kappa shape index (κ2) is 5.68. The van der Waals surface area contributed by atoms with Crippen molar-refractivity contribution in [1.82, 2.24) is 15.1 Å². The van der Waals surface area contributed by atoms with Gasteiger partial charge in [-0.2, -0.15) is 5.10 Å². The summed E-state index contributed by atoms with van der Waals surface area (Å²) in [6.45, 7) is 4.05. The van der Waals surface area contributed by atoms with Crippen molar-refractivity contribution in [1.29, 1.82) is 0 Å². The number of nitrogens with zero attached hydrogens (tertiary/aromatic N) is 3. The monoisotopic (exact) mass is 220 g/mol. The molecular weight excluding hydrogens is 200 g/mol. The maximum Gasteiger partial charge on any atom is 0.0965 e. The van der Waals surface area contributed by atoms with Crippen LogP contribution < -0.4 is 5.32 Å². The number of nitrogens with one attached hydrogen (secondary N) is 1. The van der Waals surface area contributed by atoms with Gasteiger partial charge in [-0.15, -0.1) is 0 Å². The molecule has 88 valence electrons. The third-order valence-electron chi connectivity index (χ3n) is 2.81. The quantitative estimate of drug-likeness (QED) is 0.844. The van der Waals surface area contributed by atoms with Gasteiger partial charge in [0.25, 0.3) is 0 Å². The summed E-state index contributed by atoms with van der Waals surface area (Å²) in [7, 11) is 0. The lowest BCUT2D eigenvalue weighted by atomic mass is 10.2. The van der Waals surface area contributed by atoms with Crippen molar-refractivity contribution in [3.63, 3.8) is 0 Å². The van der Waals surface area contributed by atoms with Crippen LogP contribution in [0.2, 0.25) is 0 Å². The van der Waals surface area contributed by atoms with E-state index in [-0.39, 0.29) is 0 Å². The molecule has 0 bridgehead atoms. The van der Waals surface area contributed by atoms with E-state index in [4.69, 9.17) is 0 Å². The zero-order chi connectivity index (χ0) is 11.2. The fourth-order valence-electron chi connectivity index (χ4n) is 2.01. The van der Waals surface area contributed by atoms with Gasteiger partial charge >= 0.3 is 0 Å². The van der Waals surface area contributed by atoms with Gasteiger partial charge in [0.1, 0.15) is 0 Å². The highest BCUT2D eigenvalue weighted by Gasteiger charge is 2.08. The lowest BCUT2D eigenvalue weighted by Crippen LogP contribution is -2.35. The molecule has 2 rings (SSSR count). The Hall–Kier alpha value is -1.32. The zero-order valence-corrected chi connectivity index (χ0v) is 9.89. The molecule has 1 unspecified atom stereocenters. The first-order valence-electron chi connectivity index (χ1n) is 6.12. The molecule has 1 aliphatic heterocycles. The van der Waals surface area contributed by atoms with Crippen molar-refractivity contribution in [2.45, 2.75) is 45.2 Å². The molecule has 2 heterocycles. The molecule has 1 N–H and O–H groups in total. The van der Waals surface area contributed by atoms with Crippen molar-refractivity contribution in [3.8, 4) is 0 Å². The molecule has 4 nitrogen and oxygen atoms in total. The number of aliphatic imine (C=N–C) groups is 1. The van der Waals surface area contributed by atoms with Crippen molar-refractivity contribution >= 4 is 5.84 Å². The molecule has 16 heavy (non-hydrogen) atoms. The molecule has 1 aliphatic rings. The molecule has 0 amide bonds. The van der Waals surface area contributed by atoms with Gasteiger partial charge < -0.3 is 5.32 Å². The molecule has 0 aliphatic carbocycles. The Morgan fingerprint density at radius 1 is 1.44 bits per heavy atom. The minimum absolute atomic E-state index is 0.386. The molecular formula is C12H20N4. The predicted molar refractivity (Wildman–Crippen MR) is 65.6 cm³/mol. The summed E-state index contributed by atoms with van der Waals surface area (Å²) in [6, 6.07) is 2.34. The Kier molecular flexibility index (Phi) is 3.97. The Bertz CT molecular complexity index is 329. The van der Waals surface area contributed by atoms with Crippen LogP contribution in [-0.4, -0.2) is 28.2 Å². The van der Waals surface area contributed by atoms with Crippen LogP contribution in [0.1, 0.15) is 32.6 Å². The van der Waals surface area contributed by atoms with Crippen molar-refractivity contribution in [2.75, 3.05) is 6.54 Å². The van der Waals surface area contributed by atoms with Gasteiger partial charge in [0, 0.05) is 31.4 Å². The van der Waals surface area contributed by atoms with Gasteiger partial charge in [0.2, 0.25) is 0 Å². The first-order valence-corrected chi connectivity index (χ1v) is 6.12. The maximum absolute atomic E-state index is 4.57. The van der Waals surface area contributed by atoms with Crippen LogP contribution in [0, 0.1) is 0 Å². The summed E-state index contributed by atoms with van der Waals surface area (Å²) in [5.41, 5.74) is 0. The van der Waals surface area contributed by atoms with Gasteiger partial charge in [0.15, 0.2) is 0 Å². The van der Waals surface area contributed by atoms with Crippen LogP contribution in [0.5, 0.6) is 0 Å². The number of hydrogen-bond donors (Lipinski definition) is 1. The number of amidine groups is 1. The van der Waals surface area contributed by atoms with E-state index in [2.05, 4.69) is 22.3 Å². The minimum atomic E-state index is 0.386. The smallest absolute Gasteiger partial charge is 0.0965 e. The molecule has 1 aromatic heterocycles. The van der Waals surface area contributed by atoms with Crippen molar-refractivity contribution in [3.05, 3.63) is 18.5 Å². The Balaban J connectivity index is 1.81. The van der Waals surface area contributed by atoms with E-state index < -0.39 is 0 Å². The molecule has 4 heteroatoms. The largest absolute Gasteiger partial charge is 0.370 e. The molecule has 1 atom stereocenters. The molecule has 0 saturated heterocycles. The fourth-order valence-corrected chi connectivity index (χ4v) is 2.01. The number of hydrogen-bond acceptors (Lipinski definition) is 3. The van der Waals surface area contributed by atoms with Crippen LogP contribution >= 0.6 is 0 Å². The van der Waals surface area contributed by atoms with E-state index in [0.29, 0.717) is 6.04 Å². The standard InChI is InChI=1S/C12H20N4/c1-11(10-16-9-5-8-14-16)15-12-6-3-2-4-7-13-12/h5,8-9,11H,2-4,6-7,10H2,1H3,(H,13,15). The molecule has 0 saturated carbocycles. The van der Waals surface area contributed by atoms with E-state index in [1.54, 1.807) is 0 Å². The Morgan fingerprint density at radius 3 is 3.19 bits per heavy atom. The third kappa shape index (κ3) is 3.36. The highest BCUT2D eigenvalue weighted by Crippen LogP contribution is 2.06. The molecule has 0 aromatic carbocycles. The van der Waals surface area contributed by atoms with Crippen LogP contribution in [0.15, 0.2) is 23.5 Å². The summed E-state index contributed by atoms with van der Waals surface area (Å²) in [5, 5.41) is 7.69. The van der Waals surface area contributed by atoms with Gasteiger partial charge in [0.05, 0.1) is 12.4 Å². The average Bonchev–Trinajstić information content (AvgIpc) is 2.62. The highest BCUT2D eigenvalue weighted by molar-refractivity contribution is 5.82. The fraction of sp³-hybridized carbons (Fsp3) is 0.667. The van der Waals surface area contributed by atoms with E-state index >= 15 is 0 Å². The van der Waals surface area contributed by atoms with E-state index in [0.717, 1.165) is 19.5 Å². The lowest BCUT2D eigenvalue weighted by molar-refractivity contribution is 0.502. The van der Waals surface area contributed by atoms with Crippen LogP contribution in [0.3, 0.4) is 0 Å². The summed E-state index contributed by atoms with van der Waals surface area (Å²) < 4.78 is 1.95. The van der Waals surface area contributed by atoms with Crippen LogP contribution in [-0.2, 0) is 6.54 Å². The summed E-state index contributed by atoms with van der Waals surface area (Å²) >= 11 is 0. The van der Waals surface area contributed by atoms with Gasteiger partial charge in [-0.05, 0) is 25.8 Å². The maximum atomic E-state index is 4.57. The van der Waals surface area contributed by atoms with Crippen molar-refractivity contribution < 1.29 is 0 Å². The second-order valence-electron chi connectivity index (χ2n) is 4.41. The first-order chi connectivity index (χ1) is 7.84. The van der Waals surface area contributed by atoms with Crippen LogP contribution in [0.25, 0.3) is 0 Å². The van der Waals surface area contributed by atoms with Gasteiger partial charge in [-0.1, -0.05) is 6.42 Å². The van der Waals surface area contributed by atoms with E-state index in [1.807, 2.05) is 23.1 Å². The topological polar surface area (TPSA) is 42.2 Å². The second-order valence-corrected chi connectivity index (χ2v) is 4.41. The summed E-state index contributed by atoms with van der Waals surface area (Å²) in [4.78, 5) is 4.57. The predicted octanol–water partition coefficient (Wildman–Crippen LogP) is 1.83. The molecule has 0 spiro atoms. The van der Waals surface area contributed by atoms with Gasteiger partial charge in [-0.25, -0.2) is 0 Å². The molecule has 1 aromatic rings.